The lowest BCUT2D eigenvalue weighted by Gasteiger charge is -2.03. The number of halogens is 1. The highest BCUT2D eigenvalue weighted by molar-refractivity contribution is 7.16. The molecule has 1 aromatic carbocycles. The number of aryl methyl sites for hydroxylation is 1. The first kappa shape index (κ1) is 23.7. The Labute approximate surface area is 208 Å². The molecule has 3 N–H and O–H groups in total. The zero-order valence-electron chi connectivity index (χ0n) is 18.2. The molecule has 174 valence electrons. The molecular formula is C23H20ClN5O3S2. The number of carbonyl (C=O) groups excluding carboxylic acids is 2. The maximum atomic E-state index is 12.5. The summed E-state index contributed by atoms with van der Waals surface area (Å²) in [7, 11) is 1.85. The molecule has 0 aliphatic rings. The van der Waals surface area contributed by atoms with Gasteiger partial charge in [-0.15, -0.1) is 22.7 Å². The molecule has 0 bridgehead atoms. The van der Waals surface area contributed by atoms with Crippen LogP contribution < -0.4 is 10.7 Å². The van der Waals surface area contributed by atoms with Gasteiger partial charge in [0.1, 0.15) is 5.75 Å². The summed E-state index contributed by atoms with van der Waals surface area (Å²) in [6, 6.07) is 10.3. The Morgan fingerprint density at radius 3 is 2.53 bits per heavy atom. The third-order valence-corrected chi connectivity index (χ3v) is 7.18. The van der Waals surface area contributed by atoms with E-state index in [1.54, 1.807) is 47.5 Å². The Hall–Kier alpha value is -3.47. The molecule has 2 amide bonds. The van der Waals surface area contributed by atoms with E-state index in [4.69, 9.17) is 11.6 Å². The van der Waals surface area contributed by atoms with E-state index in [-0.39, 0.29) is 11.7 Å². The number of carbonyl (C=O) groups is 2. The SMILES string of the molecule is CC(=NNC(=O)c1ccc(C(=O)NCc2cn(C)cn2)s1)c1csc(-c2ccc(Cl)cc2)c1O. The van der Waals surface area contributed by atoms with Crippen LogP contribution in [0.2, 0.25) is 5.02 Å². The molecule has 8 nitrogen and oxygen atoms in total. The number of hydrogen-bond donors (Lipinski definition) is 3. The van der Waals surface area contributed by atoms with Gasteiger partial charge in [-0.1, -0.05) is 23.7 Å². The summed E-state index contributed by atoms with van der Waals surface area (Å²) in [5, 5.41) is 19.9. The highest BCUT2D eigenvalue weighted by Crippen LogP contribution is 2.39. The van der Waals surface area contributed by atoms with Crippen molar-refractivity contribution in [3.63, 3.8) is 0 Å². The summed E-state index contributed by atoms with van der Waals surface area (Å²) in [5.41, 5.74) is 5.04. The molecule has 3 heterocycles. The fourth-order valence-electron chi connectivity index (χ4n) is 3.06. The molecule has 0 unspecified atom stereocenters. The van der Waals surface area contributed by atoms with E-state index >= 15 is 0 Å². The topological polar surface area (TPSA) is 109 Å². The largest absolute Gasteiger partial charge is 0.506 e. The molecule has 0 saturated carbocycles. The van der Waals surface area contributed by atoms with Gasteiger partial charge in [-0.05, 0) is 36.8 Å². The number of amides is 2. The average molecular weight is 514 g/mol. The fraction of sp³-hybridized carbons (Fsp3) is 0.130. The van der Waals surface area contributed by atoms with Crippen LogP contribution >= 0.6 is 34.3 Å². The van der Waals surface area contributed by atoms with E-state index in [2.05, 4.69) is 20.8 Å². The Balaban J connectivity index is 1.38. The van der Waals surface area contributed by atoms with Gasteiger partial charge in [0.15, 0.2) is 0 Å². The van der Waals surface area contributed by atoms with E-state index in [0.29, 0.717) is 37.5 Å². The zero-order valence-corrected chi connectivity index (χ0v) is 20.6. The number of rotatable bonds is 7. The van der Waals surface area contributed by atoms with Crippen molar-refractivity contribution < 1.29 is 14.7 Å². The van der Waals surface area contributed by atoms with Gasteiger partial charge in [0.2, 0.25) is 0 Å². The second-order valence-corrected chi connectivity index (χ2v) is 9.75. The van der Waals surface area contributed by atoms with Gasteiger partial charge in [-0.25, -0.2) is 10.4 Å². The van der Waals surface area contributed by atoms with E-state index in [1.165, 1.54) is 11.3 Å². The molecule has 34 heavy (non-hydrogen) atoms. The first-order chi connectivity index (χ1) is 16.3. The lowest BCUT2D eigenvalue weighted by atomic mass is 10.1. The smallest absolute Gasteiger partial charge is 0.281 e. The van der Waals surface area contributed by atoms with Gasteiger partial charge in [0.05, 0.1) is 44.5 Å². The van der Waals surface area contributed by atoms with Crippen LogP contribution in [0.4, 0.5) is 0 Å². The van der Waals surface area contributed by atoms with Crippen LogP contribution in [-0.2, 0) is 13.6 Å². The summed E-state index contributed by atoms with van der Waals surface area (Å²) in [4.78, 5) is 30.5. The second-order valence-electron chi connectivity index (χ2n) is 7.35. The van der Waals surface area contributed by atoms with Gasteiger partial charge >= 0.3 is 0 Å². The number of hydrazone groups is 1. The number of aromatic hydroxyl groups is 1. The van der Waals surface area contributed by atoms with E-state index < -0.39 is 5.91 Å². The maximum absolute atomic E-state index is 12.5. The molecule has 11 heteroatoms. The minimum atomic E-state index is -0.444. The van der Waals surface area contributed by atoms with Gasteiger partial charge in [-0.3, -0.25) is 9.59 Å². The van der Waals surface area contributed by atoms with Crippen LogP contribution in [-0.4, -0.2) is 32.2 Å². The third-order valence-electron chi connectivity index (χ3n) is 4.83. The van der Waals surface area contributed by atoms with Crippen molar-refractivity contribution in [2.75, 3.05) is 0 Å². The number of hydrogen-bond acceptors (Lipinski definition) is 7. The Morgan fingerprint density at radius 1 is 1.15 bits per heavy atom. The van der Waals surface area contributed by atoms with Crippen molar-refractivity contribution in [1.29, 1.82) is 0 Å². The highest BCUT2D eigenvalue weighted by Gasteiger charge is 2.17. The maximum Gasteiger partial charge on any atom is 0.281 e. The van der Waals surface area contributed by atoms with Crippen LogP contribution in [0, 0.1) is 0 Å². The molecule has 0 radical (unpaired) electrons. The molecule has 3 aromatic heterocycles. The van der Waals surface area contributed by atoms with Gasteiger partial charge in [-0.2, -0.15) is 5.10 Å². The molecule has 0 aliphatic heterocycles. The number of benzene rings is 1. The van der Waals surface area contributed by atoms with Crippen molar-refractivity contribution in [2.45, 2.75) is 13.5 Å². The van der Waals surface area contributed by atoms with Crippen LogP contribution in [0.15, 0.2) is 59.4 Å². The predicted molar refractivity (Wildman–Crippen MR) is 135 cm³/mol. The molecular weight excluding hydrogens is 494 g/mol. The lowest BCUT2D eigenvalue weighted by molar-refractivity contribution is 0.0949. The van der Waals surface area contributed by atoms with E-state index in [9.17, 15) is 14.7 Å². The second kappa shape index (κ2) is 10.2. The predicted octanol–water partition coefficient (Wildman–Crippen LogP) is 4.65. The molecule has 0 fully saturated rings. The van der Waals surface area contributed by atoms with Gasteiger partial charge < -0.3 is 15.0 Å². The molecule has 0 saturated heterocycles. The number of thiophene rings is 2. The number of aromatic nitrogens is 2. The van der Waals surface area contributed by atoms with Crippen molar-refractivity contribution in [3.05, 3.63) is 80.3 Å². The Kier molecular flexibility index (Phi) is 7.11. The lowest BCUT2D eigenvalue weighted by Crippen LogP contribution is -2.22. The van der Waals surface area contributed by atoms with Crippen LogP contribution in [0.1, 0.15) is 37.5 Å². The molecule has 0 spiro atoms. The van der Waals surface area contributed by atoms with E-state index in [1.807, 2.05) is 25.4 Å². The quantitative estimate of drug-likeness (QED) is 0.247. The first-order valence-electron chi connectivity index (χ1n) is 10.1. The summed E-state index contributed by atoms with van der Waals surface area (Å²) in [5.74, 6) is -0.640. The summed E-state index contributed by atoms with van der Waals surface area (Å²) >= 11 is 8.37. The Morgan fingerprint density at radius 2 is 1.85 bits per heavy atom. The minimum Gasteiger partial charge on any atom is -0.506 e. The summed E-state index contributed by atoms with van der Waals surface area (Å²) in [6.45, 7) is 1.99. The van der Waals surface area contributed by atoms with Gasteiger partial charge in [0, 0.05) is 23.6 Å². The first-order valence-corrected chi connectivity index (χ1v) is 12.2. The number of nitrogens with one attached hydrogen (secondary N) is 2. The molecule has 0 aliphatic carbocycles. The average Bonchev–Trinajstić information content (AvgIpc) is 3.56. The molecule has 4 rings (SSSR count). The summed E-state index contributed by atoms with van der Waals surface area (Å²) in [6.07, 6.45) is 3.48. The monoisotopic (exact) mass is 513 g/mol. The van der Waals surface area contributed by atoms with Crippen LogP contribution in [0.3, 0.4) is 0 Å². The van der Waals surface area contributed by atoms with Gasteiger partial charge in [0.25, 0.3) is 11.8 Å². The normalized spacial score (nSPS) is 11.4. The summed E-state index contributed by atoms with van der Waals surface area (Å²) < 4.78 is 1.80. The van der Waals surface area contributed by atoms with Crippen molar-refractivity contribution in [2.24, 2.45) is 12.1 Å². The Bertz CT molecular complexity index is 1370. The van der Waals surface area contributed by atoms with Crippen LogP contribution in [0.25, 0.3) is 10.4 Å². The number of imidazole rings is 1. The standard InChI is InChI=1S/C23H20ClN5O3S2/c1-13(17-11-33-21(20(17)30)14-3-5-15(24)6-4-14)27-28-23(32)19-8-7-18(34-19)22(31)25-9-16-10-29(2)12-26-16/h3-8,10-12,30H,9H2,1-2H3,(H,25,31)(H,28,32). The molecule has 4 aromatic rings. The van der Waals surface area contributed by atoms with Crippen molar-refractivity contribution in [3.8, 4) is 16.2 Å². The highest BCUT2D eigenvalue weighted by atomic mass is 35.5. The number of nitrogens with zero attached hydrogens (tertiary/aromatic N) is 3. The van der Waals surface area contributed by atoms with E-state index in [0.717, 1.165) is 22.6 Å². The third kappa shape index (κ3) is 5.36. The van der Waals surface area contributed by atoms with Crippen LogP contribution in [0.5, 0.6) is 5.75 Å². The van der Waals surface area contributed by atoms with Crippen molar-refractivity contribution >= 4 is 51.8 Å². The molecule has 0 atom stereocenters. The van der Waals surface area contributed by atoms with Crippen molar-refractivity contribution in [1.82, 2.24) is 20.3 Å². The minimum absolute atomic E-state index is 0.0887. The zero-order chi connectivity index (χ0) is 24.2. The fourth-order valence-corrected chi connectivity index (χ4v) is 5.01.